The quantitative estimate of drug-likeness (QED) is 0.896. The number of aromatic carboxylic acids is 1. The summed E-state index contributed by atoms with van der Waals surface area (Å²) in [6, 6.07) is 1.56. The zero-order valence-electron chi connectivity index (χ0n) is 10.6. The van der Waals surface area contributed by atoms with Gasteiger partial charge in [-0.05, 0) is 24.3 Å². The van der Waals surface area contributed by atoms with Gasteiger partial charge in [0.1, 0.15) is 5.82 Å². The number of hydrogen-bond acceptors (Lipinski definition) is 3. The van der Waals surface area contributed by atoms with Crippen LogP contribution in [0.1, 0.15) is 37.0 Å². The minimum Gasteiger partial charge on any atom is -0.478 e. The Labute approximate surface area is 112 Å². The third-order valence-electron chi connectivity index (χ3n) is 3.51. The van der Waals surface area contributed by atoms with Crippen molar-refractivity contribution in [2.75, 3.05) is 18.0 Å². The van der Waals surface area contributed by atoms with Gasteiger partial charge in [-0.2, -0.15) is 0 Å². The van der Waals surface area contributed by atoms with Crippen LogP contribution in [-0.2, 0) is 0 Å². The van der Waals surface area contributed by atoms with Gasteiger partial charge in [-0.15, -0.1) is 0 Å². The van der Waals surface area contributed by atoms with Gasteiger partial charge in [-0.3, -0.25) is 0 Å². The van der Waals surface area contributed by atoms with Crippen LogP contribution < -0.4 is 4.90 Å². The maximum atomic E-state index is 11.0. The number of carbonyl (C=O) groups is 1. The molecule has 0 spiro atoms. The topological polar surface area (TPSA) is 53.4 Å². The number of carboxylic acid groups (broad SMARTS) is 1. The third kappa shape index (κ3) is 2.75. The maximum Gasteiger partial charge on any atom is 0.337 e. The normalized spacial score (nSPS) is 18.7. The van der Waals surface area contributed by atoms with Crippen LogP contribution in [0.5, 0.6) is 0 Å². The highest BCUT2D eigenvalue weighted by atomic mass is 35.5. The van der Waals surface area contributed by atoms with E-state index in [1.165, 1.54) is 6.20 Å². The molecule has 0 aliphatic carbocycles. The van der Waals surface area contributed by atoms with Crippen molar-refractivity contribution >= 4 is 23.4 Å². The molecule has 1 aromatic rings. The molecule has 2 rings (SSSR count). The van der Waals surface area contributed by atoms with Gasteiger partial charge in [0.2, 0.25) is 0 Å². The van der Waals surface area contributed by atoms with Crippen LogP contribution in [0.3, 0.4) is 0 Å². The average molecular weight is 269 g/mol. The number of halogens is 1. The molecule has 18 heavy (non-hydrogen) atoms. The first-order valence-corrected chi connectivity index (χ1v) is 6.41. The smallest absolute Gasteiger partial charge is 0.337 e. The maximum absolute atomic E-state index is 11.0. The van der Waals surface area contributed by atoms with Gasteiger partial charge in [-0.1, -0.05) is 25.4 Å². The summed E-state index contributed by atoms with van der Waals surface area (Å²) >= 11 is 5.81. The molecular weight excluding hydrogens is 252 g/mol. The lowest BCUT2D eigenvalue weighted by molar-refractivity contribution is 0.0697. The lowest BCUT2D eigenvalue weighted by Crippen LogP contribution is -2.37. The number of nitrogens with zero attached hydrogens (tertiary/aromatic N) is 2. The summed E-state index contributed by atoms with van der Waals surface area (Å²) in [5, 5.41) is 9.22. The lowest BCUT2D eigenvalue weighted by atomic mass is 9.83. The van der Waals surface area contributed by atoms with E-state index in [0.717, 1.165) is 25.9 Å². The molecule has 2 heterocycles. The van der Waals surface area contributed by atoms with Crippen molar-refractivity contribution in [2.24, 2.45) is 5.41 Å². The van der Waals surface area contributed by atoms with Gasteiger partial charge in [0.15, 0.2) is 0 Å². The minimum absolute atomic E-state index is 0.117. The molecule has 1 fully saturated rings. The zero-order chi connectivity index (χ0) is 13.3. The Morgan fingerprint density at radius 2 is 2.06 bits per heavy atom. The summed E-state index contributed by atoms with van der Waals surface area (Å²) in [5.74, 6) is -0.312. The Balaban J connectivity index is 2.20. The van der Waals surface area contributed by atoms with E-state index in [-0.39, 0.29) is 10.6 Å². The van der Waals surface area contributed by atoms with Crippen molar-refractivity contribution < 1.29 is 9.90 Å². The standard InChI is InChI=1S/C13H17ClN2O2/c1-13(2)3-5-16(6-4-13)11-7-9(12(17)18)10(14)8-15-11/h7-8H,3-6H2,1-2H3,(H,17,18). The highest BCUT2D eigenvalue weighted by Crippen LogP contribution is 2.32. The van der Waals surface area contributed by atoms with Crippen molar-refractivity contribution in [3.8, 4) is 0 Å². The average Bonchev–Trinajstić information content (AvgIpc) is 2.30. The summed E-state index contributed by atoms with van der Waals surface area (Å²) in [6.45, 7) is 6.31. The first kappa shape index (κ1) is 13.1. The van der Waals surface area contributed by atoms with E-state index in [9.17, 15) is 4.79 Å². The molecular formula is C13H17ClN2O2. The molecule has 0 atom stereocenters. The van der Waals surface area contributed by atoms with E-state index < -0.39 is 5.97 Å². The van der Waals surface area contributed by atoms with Crippen molar-refractivity contribution in [3.63, 3.8) is 0 Å². The number of hydrogen-bond donors (Lipinski definition) is 1. The Morgan fingerprint density at radius 1 is 1.44 bits per heavy atom. The number of piperidine rings is 1. The number of anilines is 1. The summed E-state index contributed by atoms with van der Waals surface area (Å²) in [4.78, 5) is 17.4. The second-order valence-electron chi connectivity index (χ2n) is 5.48. The lowest BCUT2D eigenvalue weighted by Gasteiger charge is -2.37. The highest BCUT2D eigenvalue weighted by Gasteiger charge is 2.26. The molecule has 0 amide bonds. The van der Waals surface area contributed by atoms with E-state index in [4.69, 9.17) is 16.7 Å². The van der Waals surface area contributed by atoms with Crippen LogP contribution in [-0.4, -0.2) is 29.1 Å². The third-order valence-corrected chi connectivity index (χ3v) is 3.81. The highest BCUT2D eigenvalue weighted by molar-refractivity contribution is 6.33. The predicted octanol–water partition coefficient (Wildman–Crippen LogP) is 3.06. The van der Waals surface area contributed by atoms with E-state index in [0.29, 0.717) is 11.2 Å². The van der Waals surface area contributed by atoms with Gasteiger partial charge in [0.25, 0.3) is 0 Å². The van der Waals surface area contributed by atoms with Crippen molar-refractivity contribution in [2.45, 2.75) is 26.7 Å². The van der Waals surface area contributed by atoms with Crippen molar-refractivity contribution in [1.82, 2.24) is 4.98 Å². The largest absolute Gasteiger partial charge is 0.478 e. The summed E-state index contributed by atoms with van der Waals surface area (Å²) < 4.78 is 0. The number of pyridine rings is 1. The molecule has 0 unspecified atom stereocenters. The fourth-order valence-corrected chi connectivity index (χ4v) is 2.29. The molecule has 1 aliphatic rings. The molecule has 0 radical (unpaired) electrons. The Hall–Kier alpha value is -1.29. The first-order valence-electron chi connectivity index (χ1n) is 6.03. The molecule has 1 aliphatic heterocycles. The van der Waals surface area contributed by atoms with Crippen molar-refractivity contribution in [3.05, 3.63) is 22.8 Å². The molecule has 0 bridgehead atoms. The summed E-state index contributed by atoms with van der Waals surface area (Å²) in [6.07, 6.45) is 3.58. The zero-order valence-corrected chi connectivity index (χ0v) is 11.4. The van der Waals surface area contributed by atoms with Gasteiger partial charge in [0, 0.05) is 19.3 Å². The minimum atomic E-state index is -1.01. The Kier molecular flexibility index (Phi) is 3.48. The number of aromatic nitrogens is 1. The second-order valence-corrected chi connectivity index (χ2v) is 5.89. The molecule has 0 aromatic carbocycles. The van der Waals surface area contributed by atoms with Crippen LogP contribution in [0.2, 0.25) is 5.02 Å². The van der Waals surface area contributed by atoms with Gasteiger partial charge in [-0.25, -0.2) is 9.78 Å². The molecule has 1 saturated heterocycles. The fourth-order valence-electron chi connectivity index (χ4n) is 2.11. The number of carboxylic acids is 1. The monoisotopic (exact) mass is 268 g/mol. The fraction of sp³-hybridized carbons (Fsp3) is 0.538. The van der Waals surface area contributed by atoms with Crippen LogP contribution in [0, 0.1) is 5.41 Å². The molecule has 0 saturated carbocycles. The molecule has 5 heteroatoms. The van der Waals surface area contributed by atoms with Gasteiger partial charge in [0.05, 0.1) is 10.6 Å². The van der Waals surface area contributed by atoms with Gasteiger partial charge >= 0.3 is 5.97 Å². The molecule has 1 aromatic heterocycles. The summed E-state index contributed by atoms with van der Waals surface area (Å²) in [5.41, 5.74) is 0.477. The van der Waals surface area contributed by atoms with Crippen LogP contribution in [0.15, 0.2) is 12.3 Å². The SMILES string of the molecule is CC1(C)CCN(c2cc(C(=O)O)c(Cl)cn2)CC1. The molecule has 98 valence electrons. The van der Waals surface area contributed by atoms with E-state index in [2.05, 4.69) is 23.7 Å². The predicted molar refractivity (Wildman–Crippen MR) is 71.4 cm³/mol. The Morgan fingerprint density at radius 3 is 2.61 bits per heavy atom. The van der Waals surface area contributed by atoms with Crippen LogP contribution >= 0.6 is 11.6 Å². The van der Waals surface area contributed by atoms with E-state index in [1.54, 1.807) is 6.07 Å². The van der Waals surface area contributed by atoms with Crippen molar-refractivity contribution in [1.29, 1.82) is 0 Å². The van der Waals surface area contributed by atoms with Crippen LogP contribution in [0.25, 0.3) is 0 Å². The first-order chi connectivity index (χ1) is 8.39. The second kappa shape index (κ2) is 4.76. The van der Waals surface area contributed by atoms with E-state index >= 15 is 0 Å². The molecule has 4 nitrogen and oxygen atoms in total. The van der Waals surface area contributed by atoms with E-state index in [1.807, 2.05) is 0 Å². The van der Waals surface area contributed by atoms with Crippen LogP contribution in [0.4, 0.5) is 5.82 Å². The molecule has 1 N–H and O–H groups in total. The van der Waals surface area contributed by atoms with Gasteiger partial charge < -0.3 is 10.0 Å². The summed E-state index contributed by atoms with van der Waals surface area (Å²) in [7, 11) is 0. The number of rotatable bonds is 2. The Bertz CT molecular complexity index is 464.